The Bertz CT molecular complexity index is 1380. The van der Waals surface area contributed by atoms with Crippen molar-refractivity contribution >= 4 is 40.0 Å². The highest BCUT2D eigenvalue weighted by Crippen LogP contribution is 2.33. The van der Waals surface area contributed by atoms with E-state index in [9.17, 15) is 9.59 Å². The van der Waals surface area contributed by atoms with Gasteiger partial charge in [0.05, 0.1) is 16.7 Å². The van der Waals surface area contributed by atoms with Crippen molar-refractivity contribution in [3.63, 3.8) is 0 Å². The molecular formula is C24H25N5O2S. The van der Waals surface area contributed by atoms with Crippen LogP contribution in [0.25, 0.3) is 16.7 Å². The first kappa shape index (κ1) is 20.8. The van der Waals surface area contributed by atoms with Crippen LogP contribution in [-0.2, 0) is 17.8 Å². The van der Waals surface area contributed by atoms with Gasteiger partial charge in [0.15, 0.2) is 5.16 Å². The third-order valence-corrected chi connectivity index (χ3v) is 6.93. The predicted octanol–water partition coefficient (Wildman–Crippen LogP) is 3.91. The van der Waals surface area contributed by atoms with Crippen LogP contribution in [-0.4, -0.2) is 36.9 Å². The lowest BCUT2D eigenvalue weighted by atomic mass is 10.1. The van der Waals surface area contributed by atoms with Gasteiger partial charge in [0.2, 0.25) is 11.7 Å². The molecular weight excluding hydrogens is 422 g/mol. The molecule has 0 N–H and O–H groups in total. The molecule has 0 fully saturated rings. The Labute approximate surface area is 190 Å². The molecule has 0 aliphatic carbocycles. The van der Waals surface area contributed by atoms with Gasteiger partial charge >= 0.3 is 0 Å². The number of carbonyl (C=O) groups is 1. The number of para-hydroxylation sites is 2. The summed E-state index contributed by atoms with van der Waals surface area (Å²) < 4.78 is 3.61. The molecule has 8 heteroatoms. The SMILES string of the molecule is CCCCn1c(=O)c2ccccc2n2c(SCC(=O)N3c4ccccc4CC3C)nnc12. The van der Waals surface area contributed by atoms with E-state index < -0.39 is 0 Å². The molecule has 0 spiro atoms. The Morgan fingerprint density at radius 2 is 1.91 bits per heavy atom. The van der Waals surface area contributed by atoms with Crippen LogP contribution in [0.15, 0.2) is 58.5 Å². The first-order valence-corrected chi connectivity index (χ1v) is 12.0. The van der Waals surface area contributed by atoms with E-state index in [0.29, 0.717) is 22.9 Å². The van der Waals surface area contributed by atoms with Gasteiger partial charge in [0.1, 0.15) is 0 Å². The number of hydrogen-bond acceptors (Lipinski definition) is 5. The van der Waals surface area contributed by atoms with E-state index in [0.717, 1.165) is 30.5 Å². The van der Waals surface area contributed by atoms with Gasteiger partial charge in [-0.25, -0.2) is 0 Å². The van der Waals surface area contributed by atoms with E-state index in [2.05, 4.69) is 30.1 Å². The van der Waals surface area contributed by atoms with Gasteiger partial charge in [-0.05, 0) is 43.5 Å². The minimum absolute atomic E-state index is 0.0489. The van der Waals surface area contributed by atoms with Crippen molar-refractivity contribution in [2.24, 2.45) is 0 Å². The number of unbranched alkanes of at least 4 members (excludes halogenated alkanes) is 1. The fourth-order valence-electron chi connectivity index (χ4n) is 4.49. The normalized spacial score (nSPS) is 15.6. The van der Waals surface area contributed by atoms with Crippen molar-refractivity contribution in [3.8, 4) is 0 Å². The number of aryl methyl sites for hydroxylation is 1. The lowest BCUT2D eigenvalue weighted by molar-refractivity contribution is -0.116. The summed E-state index contributed by atoms with van der Waals surface area (Å²) in [6, 6.07) is 15.7. The van der Waals surface area contributed by atoms with E-state index in [4.69, 9.17) is 0 Å². The van der Waals surface area contributed by atoms with Gasteiger partial charge in [-0.15, -0.1) is 10.2 Å². The Balaban J connectivity index is 1.50. The quantitative estimate of drug-likeness (QED) is 0.419. The van der Waals surface area contributed by atoms with E-state index in [1.165, 1.54) is 17.3 Å². The van der Waals surface area contributed by atoms with Crippen molar-refractivity contribution in [1.82, 2.24) is 19.2 Å². The number of anilines is 1. The Kier molecular flexibility index (Phi) is 5.46. The minimum Gasteiger partial charge on any atom is -0.308 e. The Morgan fingerprint density at radius 1 is 1.12 bits per heavy atom. The third-order valence-electron chi connectivity index (χ3n) is 6.01. The van der Waals surface area contributed by atoms with E-state index in [1.807, 2.05) is 51.8 Å². The maximum atomic E-state index is 13.2. The van der Waals surface area contributed by atoms with Gasteiger partial charge < -0.3 is 4.90 Å². The molecule has 7 nitrogen and oxygen atoms in total. The third kappa shape index (κ3) is 3.39. The van der Waals surface area contributed by atoms with Crippen LogP contribution in [0.1, 0.15) is 32.3 Å². The average molecular weight is 448 g/mol. The van der Waals surface area contributed by atoms with Gasteiger partial charge in [-0.2, -0.15) is 0 Å². The number of benzene rings is 2. The largest absolute Gasteiger partial charge is 0.308 e. The van der Waals surface area contributed by atoms with Crippen molar-refractivity contribution in [2.45, 2.75) is 50.9 Å². The zero-order valence-corrected chi connectivity index (χ0v) is 19.0. The summed E-state index contributed by atoms with van der Waals surface area (Å²) in [5, 5.41) is 9.95. The highest BCUT2D eigenvalue weighted by Gasteiger charge is 2.30. The molecule has 164 valence electrons. The molecule has 5 rings (SSSR count). The second-order valence-corrected chi connectivity index (χ2v) is 9.12. The highest BCUT2D eigenvalue weighted by molar-refractivity contribution is 7.99. The lowest BCUT2D eigenvalue weighted by Gasteiger charge is -2.22. The summed E-state index contributed by atoms with van der Waals surface area (Å²) >= 11 is 1.36. The number of rotatable bonds is 6. The van der Waals surface area contributed by atoms with Crippen LogP contribution < -0.4 is 10.5 Å². The van der Waals surface area contributed by atoms with Crippen molar-refractivity contribution in [3.05, 3.63) is 64.4 Å². The smallest absolute Gasteiger partial charge is 0.262 e. The topological polar surface area (TPSA) is 72.5 Å². The van der Waals surface area contributed by atoms with Crippen LogP contribution in [0.4, 0.5) is 5.69 Å². The van der Waals surface area contributed by atoms with Crippen LogP contribution >= 0.6 is 11.8 Å². The summed E-state index contributed by atoms with van der Waals surface area (Å²) in [7, 11) is 0. The molecule has 1 atom stereocenters. The number of hydrogen-bond donors (Lipinski definition) is 0. The van der Waals surface area contributed by atoms with Crippen LogP contribution in [0, 0.1) is 0 Å². The van der Waals surface area contributed by atoms with E-state index in [1.54, 1.807) is 4.57 Å². The molecule has 0 radical (unpaired) electrons. The summed E-state index contributed by atoms with van der Waals surface area (Å²) in [5.74, 6) is 0.826. The summed E-state index contributed by atoms with van der Waals surface area (Å²) in [4.78, 5) is 28.1. The van der Waals surface area contributed by atoms with Gasteiger partial charge in [-0.1, -0.05) is 55.4 Å². The molecule has 2 aromatic heterocycles. The van der Waals surface area contributed by atoms with E-state index >= 15 is 0 Å². The zero-order chi connectivity index (χ0) is 22.2. The van der Waals surface area contributed by atoms with Crippen LogP contribution in [0.5, 0.6) is 0 Å². The Morgan fingerprint density at radius 3 is 2.75 bits per heavy atom. The summed E-state index contributed by atoms with van der Waals surface area (Å²) in [6.07, 6.45) is 2.73. The zero-order valence-electron chi connectivity index (χ0n) is 18.2. The molecule has 1 aliphatic heterocycles. The maximum absolute atomic E-state index is 13.2. The van der Waals surface area contributed by atoms with Crippen LogP contribution in [0.3, 0.4) is 0 Å². The molecule has 0 saturated heterocycles. The molecule has 2 aromatic carbocycles. The highest BCUT2D eigenvalue weighted by atomic mass is 32.2. The number of nitrogens with zero attached hydrogens (tertiary/aromatic N) is 5. The van der Waals surface area contributed by atoms with Crippen molar-refractivity contribution < 1.29 is 4.79 Å². The molecule has 1 aliphatic rings. The number of aromatic nitrogens is 4. The molecule has 0 bridgehead atoms. The standard InChI is InChI=1S/C24H25N5O2S/c1-3-4-13-27-22(31)18-10-6-8-12-20(18)29-23(27)25-26-24(29)32-15-21(30)28-16(2)14-17-9-5-7-11-19(17)28/h5-12,16H,3-4,13-15H2,1-2H3. The minimum atomic E-state index is -0.0518. The van der Waals surface area contributed by atoms with Crippen molar-refractivity contribution in [1.29, 1.82) is 0 Å². The number of amides is 1. The number of fused-ring (bicyclic) bond motifs is 4. The monoisotopic (exact) mass is 447 g/mol. The molecule has 3 heterocycles. The second kappa shape index (κ2) is 8.43. The molecule has 1 amide bonds. The molecule has 0 saturated carbocycles. The van der Waals surface area contributed by atoms with Crippen molar-refractivity contribution in [2.75, 3.05) is 10.7 Å². The summed E-state index contributed by atoms with van der Waals surface area (Å²) in [5.41, 5.74) is 2.91. The number of carbonyl (C=O) groups excluding carboxylic acids is 1. The maximum Gasteiger partial charge on any atom is 0.262 e. The molecule has 4 aromatic rings. The van der Waals surface area contributed by atoms with Gasteiger partial charge in [0.25, 0.3) is 5.56 Å². The lowest BCUT2D eigenvalue weighted by Crippen LogP contribution is -2.37. The predicted molar refractivity (Wildman–Crippen MR) is 127 cm³/mol. The molecule has 1 unspecified atom stereocenters. The number of thioether (sulfide) groups is 1. The van der Waals surface area contributed by atoms with Gasteiger partial charge in [0, 0.05) is 18.3 Å². The second-order valence-electron chi connectivity index (χ2n) is 8.18. The van der Waals surface area contributed by atoms with Crippen LogP contribution in [0.2, 0.25) is 0 Å². The average Bonchev–Trinajstić information content (AvgIpc) is 3.38. The van der Waals surface area contributed by atoms with E-state index in [-0.39, 0.29) is 23.3 Å². The first-order valence-electron chi connectivity index (χ1n) is 11.0. The fourth-order valence-corrected chi connectivity index (χ4v) is 5.29. The Hall–Kier alpha value is -3.13. The molecule has 32 heavy (non-hydrogen) atoms. The summed E-state index contributed by atoms with van der Waals surface area (Å²) in [6.45, 7) is 4.76. The fraction of sp³-hybridized carbons (Fsp3) is 0.333. The first-order chi connectivity index (χ1) is 15.6. The van der Waals surface area contributed by atoms with Gasteiger partial charge in [-0.3, -0.25) is 18.6 Å².